The van der Waals surface area contributed by atoms with Crippen molar-refractivity contribution in [2.75, 3.05) is 33.2 Å². The molecule has 0 unspecified atom stereocenters. The van der Waals surface area contributed by atoms with Crippen LogP contribution in [0.1, 0.15) is 30.4 Å². The van der Waals surface area contributed by atoms with Crippen LogP contribution in [0.15, 0.2) is 29.1 Å². The Balaban J connectivity index is 2.13. The first-order chi connectivity index (χ1) is 11.9. The van der Waals surface area contributed by atoms with Gasteiger partial charge in [0, 0.05) is 31.6 Å². The molecule has 1 saturated heterocycles. The molecule has 134 valence electrons. The molecule has 0 radical (unpaired) electrons. The van der Waals surface area contributed by atoms with E-state index in [2.05, 4.69) is 10.00 Å². The number of carbonyl (C=O) groups excluding carboxylic acids is 1. The van der Waals surface area contributed by atoms with Crippen LogP contribution in [0.5, 0.6) is 0 Å². The summed E-state index contributed by atoms with van der Waals surface area (Å²) in [4.78, 5) is 29.8. The summed E-state index contributed by atoms with van der Waals surface area (Å²) in [6.07, 6.45) is 0. The van der Waals surface area contributed by atoms with Crippen molar-refractivity contribution >= 4 is 16.7 Å². The fourth-order valence-corrected chi connectivity index (χ4v) is 3.33. The third-order valence-electron chi connectivity index (χ3n) is 4.74. The van der Waals surface area contributed by atoms with E-state index >= 15 is 0 Å². The highest BCUT2D eigenvalue weighted by Crippen LogP contribution is 2.19. The molecule has 0 spiro atoms. The summed E-state index contributed by atoms with van der Waals surface area (Å²) in [5.41, 5.74) is 6.05. The molecule has 2 N–H and O–H groups in total. The summed E-state index contributed by atoms with van der Waals surface area (Å²) >= 11 is 0. The average molecular weight is 343 g/mol. The van der Waals surface area contributed by atoms with Gasteiger partial charge in [0.2, 0.25) is 0 Å². The molecular formula is C18H25N5O2. The number of fused-ring (bicyclic) bond motifs is 1. The predicted octanol–water partition coefficient (Wildman–Crippen LogP) is 0.692. The van der Waals surface area contributed by atoms with E-state index in [1.807, 2.05) is 27.0 Å². The monoisotopic (exact) mass is 343 g/mol. The van der Waals surface area contributed by atoms with Gasteiger partial charge in [-0.25, -0.2) is 4.68 Å². The van der Waals surface area contributed by atoms with E-state index in [0.29, 0.717) is 29.6 Å². The predicted molar refractivity (Wildman–Crippen MR) is 97.8 cm³/mol. The van der Waals surface area contributed by atoms with Crippen molar-refractivity contribution in [2.45, 2.75) is 25.9 Å². The minimum Gasteiger partial charge on any atom is -0.330 e. The van der Waals surface area contributed by atoms with Crippen molar-refractivity contribution in [1.29, 1.82) is 0 Å². The molecule has 1 atom stereocenters. The minimum atomic E-state index is -0.170. The van der Waals surface area contributed by atoms with Crippen LogP contribution in [-0.4, -0.2) is 64.8 Å². The highest BCUT2D eigenvalue weighted by Gasteiger charge is 2.31. The van der Waals surface area contributed by atoms with Gasteiger partial charge >= 0.3 is 0 Å². The van der Waals surface area contributed by atoms with Crippen molar-refractivity contribution < 1.29 is 4.79 Å². The molecule has 0 bridgehead atoms. The average Bonchev–Trinajstić information content (AvgIpc) is 2.61. The smallest absolute Gasteiger partial charge is 0.275 e. The zero-order valence-corrected chi connectivity index (χ0v) is 15.0. The second-order valence-corrected chi connectivity index (χ2v) is 6.89. The van der Waals surface area contributed by atoms with Gasteiger partial charge in [0.05, 0.1) is 17.5 Å². The lowest BCUT2D eigenvalue weighted by molar-refractivity contribution is 0.0509. The van der Waals surface area contributed by atoms with Crippen molar-refractivity contribution in [3.8, 4) is 0 Å². The molecule has 1 fully saturated rings. The third-order valence-corrected chi connectivity index (χ3v) is 4.74. The van der Waals surface area contributed by atoms with Crippen LogP contribution in [0.2, 0.25) is 0 Å². The second kappa shape index (κ2) is 6.93. The molecule has 1 aliphatic heterocycles. The molecule has 1 aromatic carbocycles. The molecule has 2 aromatic rings. The van der Waals surface area contributed by atoms with Gasteiger partial charge in [-0.05, 0) is 27.0 Å². The highest BCUT2D eigenvalue weighted by molar-refractivity contribution is 6.05. The van der Waals surface area contributed by atoms with Crippen LogP contribution in [-0.2, 0) is 0 Å². The highest BCUT2D eigenvalue weighted by atomic mass is 16.2. The van der Waals surface area contributed by atoms with Crippen LogP contribution < -0.4 is 11.3 Å². The third kappa shape index (κ3) is 3.17. The van der Waals surface area contributed by atoms with Crippen molar-refractivity contribution in [3.63, 3.8) is 0 Å². The number of piperazine rings is 1. The number of likely N-dealkylation sites (N-methyl/N-ethyl adjacent to an activating group) is 1. The molecule has 2 heterocycles. The fraction of sp³-hybridized carbons (Fsp3) is 0.500. The SMILES string of the molecule is CC(C)n1nc(C(=O)N2CCN(C)C[C@H]2CN)c2ccccc2c1=O. The summed E-state index contributed by atoms with van der Waals surface area (Å²) in [6, 6.07) is 6.99. The molecule has 0 saturated carbocycles. The van der Waals surface area contributed by atoms with Crippen molar-refractivity contribution in [3.05, 3.63) is 40.3 Å². The first-order valence-electron chi connectivity index (χ1n) is 8.65. The second-order valence-electron chi connectivity index (χ2n) is 6.89. The maximum Gasteiger partial charge on any atom is 0.275 e. The zero-order valence-electron chi connectivity index (χ0n) is 15.0. The van der Waals surface area contributed by atoms with Crippen LogP contribution >= 0.6 is 0 Å². The Hall–Kier alpha value is -2.25. The van der Waals surface area contributed by atoms with E-state index in [-0.39, 0.29) is 23.6 Å². The Morgan fingerprint density at radius 2 is 1.96 bits per heavy atom. The van der Waals surface area contributed by atoms with E-state index in [1.165, 1.54) is 4.68 Å². The number of nitrogens with two attached hydrogens (primary N) is 1. The molecule has 7 heteroatoms. The molecule has 3 rings (SSSR count). The normalized spacial score (nSPS) is 18.9. The largest absolute Gasteiger partial charge is 0.330 e. The van der Waals surface area contributed by atoms with Gasteiger partial charge in [-0.2, -0.15) is 5.10 Å². The summed E-state index contributed by atoms with van der Waals surface area (Å²) in [5, 5.41) is 5.54. The lowest BCUT2D eigenvalue weighted by Crippen LogP contribution is -2.57. The Labute approximate surface area is 147 Å². The lowest BCUT2D eigenvalue weighted by atomic mass is 10.1. The summed E-state index contributed by atoms with van der Waals surface area (Å²) < 4.78 is 1.39. The van der Waals surface area contributed by atoms with E-state index in [9.17, 15) is 9.59 Å². The summed E-state index contributed by atoms with van der Waals surface area (Å²) in [7, 11) is 2.02. The van der Waals surface area contributed by atoms with Gasteiger partial charge in [0.15, 0.2) is 5.69 Å². The summed E-state index contributed by atoms with van der Waals surface area (Å²) in [6.45, 7) is 6.31. The van der Waals surface area contributed by atoms with E-state index < -0.39 is 0 Å². The first-order valence-corrected chi connectivity index (χ1v) is 8.65. The van der Waals surface area contributed by atoms with Gasteiger partial charge < -0.3 is 15.5 Å². The van der Waals surface area contributed by atoms with Crippen LogP contribution in [0.4, 0.5) is 0 Å². The molecule has 0 aliphatic carbocycles. The Morgan fingerprint density at radius 1 is 1.28 bits per heavy atom. The quantitative estimate of drug-likeness (QED) is 0.886. The molecule has 25 heavy (non-hydrogen) atoms. The maximum absolute atomic E-state index is 13.2. The van der Waals surface area contributed by atoms with Gasteiger partial charge in [0.1, 0.15) is 0 Å². The molecular weight excluding hydrogens is 318 g/mol. The van der Waals surface area contributed by atoms with Gasteiger partial charge in [-0.15, -0.1) is 0 Å². The molecule has 1 amide bonds. The maximum atomic E-state index is 13.2. The Morgan fingerprint density at radius 3 is 2.60 bits per heavy atom. The van der Waals surface area contributed by atoms with Gasteiger partial charge in [-0.1, -0.05) is 18.2 Å². The fourth-order valence-electron chi connectivity index (χ4n) is 3.33. The topological polar surface area (TPSA) is 84.5 Å². The first kappa shape index (κ1) is 17.6. The number of nitrogens with zero attached hydrogens (tertiary/aromatic N) is 4. The van der Waals surface area contributed by atoms with Crippen LogP contribution in [0.3, 0.4) is 0 Å². The van der Waals surface area contributed by atoms with Crippen molar-refractivity contribution in [2.24, 2.45) is 5.73 Å². The molecule has 1 aliphatic rings. The summed E-state index contributed by atoms with van der Waals surface area (Å²) in [5.74, 6) is -0.158. The van der Waals surface area contributed by atoms with Crippen LogP contribution in [0.25, 0.3) is 10.8 Å². The number of aromatic nitrogens is 2. The lowest BCUT2D eigenvalue weighted by Gasteiger charge is -2.39. The van der Waals surface area contributed by atoms with E-state index in [4.69, 9.17) is 5.73 Å². The molecule has 1 aromatic heterocycles. The number of hydrogen-bond donors (Lipinski definition) is 1. The molecule has 7 nitrogen and oxygen atoms in total. The number of amides is 1. The van der Waals surface area contributed by atoms with E-state index in [1.54, 1.807) is 23.1 Å². The standard InChI is InChI=1S/C18H25N5O2/c1-12(2)23-17(24)15-7-5-4-6-14(15)16(20-23)18(25)22-9-8-21(3)11-13(22)10-19/h4-7,12-13H,8-11,19H2,1-3H3/t13-/m1/s1. The number of hydrogen-bond acceptors (Lipinski definition) is 5. The Bertz CT molecular complexity index is 845. The van der Waals surface area contributed by atoms with Crippen LogP contribution in [0, 0.1) is 0 Å². The number of benzene rings is 1. The zero-order chi connectivity index (χ0) is 18.1. The van der Waals surface area contributed by atoms with Crippen molar-refractivity contribution in [1.82, 2.24) is 19.6 Å². The number of carbonyl (C=O) groups is 1. The Kier molecular flexibility index (Phi) is 4.87. The number of rotatable bonds is 3. The minimum absolute atomic E-state index is 0.0498. The van der Waals surface area contributed by atoms with E-state index in [0.717, 1.165) is 13.1 Å². The van der Waals surface area contributed by atoms with Gasteiger partial charge in [0.25, 0.3) is 11.5 Å². The van der Waals surface area contributed by atoms with Gasteiger partial charge in [-0.3, -0.25) is 9.59 Å².